The first-order chi connectivity index (χ1) is 22.6. The number of benzene rings is 1. The first-order valence-electron chi connectivity index (χ1n) is 17.9. The van der Waals surface area contributed by atoms with Crippen LogP contribution in [-0.2, 0) is 35.3 Å². The molecule has 0 heterocycles. The lowest BCUT2D eigenvalue weighted by Gasteiger charge is -2.39. The smallest absolute Gasteiger partial charge is 0.408 e. The average molecular weight is 672 g/mol. The van der Waals surface area contributed by atoms with Gasteiger partial charge in [-0.3, -0.25) is 14.4 Å². The van der Waals surface area contributed by atoms with Crippen molar-refractivity contribution in [3.63, 3.8) is 0 Å². The summed E-state index contributed by atoms with van der Waals surface area (Å²) in [7, 11) is 0. The fourth-order valence-corrected chi connectivity index (χ4v) is 6.29. The van der Waals surface area contributed by atoms with Gasteiger partial charge in [0.1, 0.15) is 30.6 Å². The van der Waals surface area contributed by atoms with Crippen LogP contribution in [0.25, 0.3) is 0 Å². The summed E-state index contributed by atoms with van der Waals surface area (Å²) in [5.74, 6) is -1.63. The van der Waals surface area contributed by atoms with E-state index in [1.54, 1.807) is 20.8 Å². The quantitative estimate of drug-likeness (QED) is 0.138. The second-order valence-corrected chi connectivity index (χ2v) is 15.3. The van der Waals surface area contributed by atoms with Gasteiger partial charge < -0.3 is 30.2 Å². The monoisotopic (exact) mass is 671 g/mol. The molecular weight excluding hydrogens is 610 g/mol. The highest BCUT2D eigenvalue weighted by atomic mass is 16.6. The van der Waals surface area contributed by atoms with Gasteiger partial charge >= 0.3 is 12.1 Å². The first kappa shape index (κ1) is 40.7. The van der Waals surface area contributed by atoms with Crippen molar-refractivity contribution in [2.75, 3.05) is 0 Å². The minimum absolute atomic E-state index is 0.0174. The predicted molar refractivity (Wildman–Crippen MR) is 187 cm³/mol. The molecule has 0 aromatic heterocycles. The largest absolute Gasteiger partial charge is 0.460 e. The third-order valence-electron chi connectivity index (χ3n) is 8.69. The van der Waals surface area contributed by atoms with Crippen LogP contribution in [0.15, 0.2) is 30.3 Å². The molecule has 0 spiro atoms. The lowest BCUT2D eigenvalue weighted by atomic mass is 9.70. The van der Waals surface area contributed by atoms with E-state index in [0.29, 0.717) is 19.3 Å². The van der Waals surface area contributed by atoms with Crippen molar-refractivity contribution in [3.8, 4) is 0 Å². The molecule has 0 unspecified atom stereocenters. The highest BCUT2D eigenvalue weighted by Crippen LogP contribution is 2.37. The summed E-state index contributed by atoms with van der Waals surface area (Å²) in [4.78, 5) is 66.6. The molecule has 3 atom stereocenters. The van der Waals surface area contributed by atoms with Crippen LogP contribution >= 0.6 is 0 Å². The Balaban J connectivity index is 2.33. The Morgan fingerprint density at radius 3 is 1.83 bits per heavy atom. The number of carbonyl (C=O) groups excluding carboxylic acids is 5. The number of hydrogen-bond acceptors (Lipinski definition) is 7. The maximum Gasteiger partial charge on any atom is 0.408 e. The number of esters is 1. The SMILES string of the molecule is CC(C)C[C@H](NC(=O)OCc1ccccc1)C(=O)N[C@@H](CC(=O)OC(C)(C)C)C(=O)N[C@@H](CC(C)C)C1(C=O)CCCCCCCCC1. The van der Waals surface area contributed by atoms with Gasteiger partial charge in [0, 0.05) is 11.5 Å². The van der Waals surface area contributed by atoms with Crippen LogP contribution in [0.4, 0.5) is 4.79 Å². The minimum Gasteiger partial charge on any atom is -0.460 e. The molecule has 1 fully saturated rings. The van der Waals surface area contributed by atoms with Crippen molar-refractivity contribution in [3.05, 3.63) is 35.9 Å². The third kappa shape index (κ3) is 15.2. The topological polar surface area (TPSA) is 140 Å². The summed E-state index contributed by atoms with van der Waals surface area (Å²) < 4.78 is 10.9. The molecule has 0 aliphatic heterocycles. The fourth-order valence-electron chi connectivity index (χ4n) is 6.29. The molecule has 1 saturated carbocycles. The van der Waals surface area contributed by atoms with E-state index >= 15 is 0 Å². The summed E-state index contributed by atoms with van der Waals surface area (Å²) in [6.07, 6.45) is 9.35. The maximum atomic E-state index is 14.1. The standard InChI is InChI=1S/C38H61N3O7/c1-27(2)22-30(40-36(46)47-25-29-18-14-13-15-19-29)34(44)39-31(24-33(43)48-37(5,6)7)35(45)41-32(23-28(3)4)38(26-42)20-16-11-9-8-10-12-17-21-38/h13-15,18-19,26-28,30-32H,8-12,16-17,20-25H2,1-7H3,(H,39,44)(H,40,46)(H,41,45)/t30-,31-,32-/m0/s1. The molecule has 270 valence electrons. The summed E-state index contributed by atoms with van der Waals surface area (Å²) in [5, 5.41) is 8.51. The third-order valence-corrected chi connectivity index (χ3v) is 8.69. The molecule has 2 rings (SSSR count). The predicted octanol–water partition coefficient (Wildman–Crippen LogP) is 6.78. The number of alkyl carbamates (subject to hydrolysis) is 1. The first-order valence-corrected chi connectivity index (χ1v) is 17.9. The summed E-state index contributed by atoms with van der Waals surface area (Å²) in [6.45, 7) is 13.2. The number of aldehydes is 1. The van der Waals surface area contributed by atoms with Crippen molar-refractivity contribution in [2.24, 2.45) is 17.3 Å². The lowest BCUT2D eigenvalue weighted by Crippen LogP contribution is -2.58. The molecule has 10 nitrogen and oxygen atoms in total. The van der Waals surface area contributed by atoms with Crippen LogP contribution in [0.3, 0.4) is 0 Å². The average Bonchev–Trinajstić information content (AvgIpc) is 3.00. The second kappa shape index (κ2) is 20.2. The van der Waals surface area contributed by atoms with Gasteiger partial charge in [-0.25, -0.2) is 4.79 Å². The Labute approximate surface area is 288 Å². The number of amides is 3. The number of nitrogens with one attached hydrogen (secondary N) is 3. The van der Waals surface area contributed by atoms with Gasteiger partial charge in [-0.1, -0.05) is 103 Å². The highest BCUT2D eigenvalue weighted by molar-refractivity contribution is 5.93. The van der Waals surface area contributed by atoms with Crippen LogP contribution in [0.1, 0.15) is 131 Å². The van der Waals surface area contributed by atoms with Gasteiger partial charge in [0.05, 0.1) is 6.42 Å². The molecule has 3 amide bonds. The molecular formula is C38H61N3O7. The van der Waals surface area contributed by atoms with Gasteiger partial charge in [0.25, 0.3) is 0 Å². The Kier molecular flexibility index (Phi) is 17.1. The molecule has 1 aromatic carbocycles. The Hall–Kier alpha value is -3.43. The van der Waals surface area contributed by atoms with Gasteiger partial charge in [0.15, 0.2) is 0 Å². The van der Waals surface area contributed by atoms with Gasteiger partial charge in [-0.05, 0) is 63.9 Å². The number of rotatable bonds is 15. The Morgan fingerprint density at radius 1 is 0.771 bits per heavy atom. The van der Waals surface area contributed by atoms with Crippen LogP contribution in [0.5, 0.6) is 0 Å². The van der Waals surface area contributed by atoms with E-state index < -0.39 is 59.4 Å². The zero-order valence-corrected chi connectivity index (χ0v) is 30.4. The summed E-state index contributed by atoms with van der Waals surface area (Å²) in [5.41, 5.74) is -0.752. The van der Waals surface area contributed by atoms with Crippen LogP contribution in [-0.4, -0.2) is 53.9 Å². The molecule has 0 saturated heterocycles. The molecule has 0 radical (unpaired) electrons. The van der Waals surface area contributed by atoms with Crippen molar-refractivity contribution >= 4 is 30.2 Å². The van der Waals surface area contributed by atoms with Gasteiger partial charge in [0.2, 0.25) is 11.8 Å². The molecule has 10 heteroatoms. The highest BCUT2D eigenvalue weighted by Gasteiger charge is 2.41. The van der Waals surface area contributed by atoms with Gasteiger partial charge in [-0.15, -0.1) is 0 Å². The van der Waals surface area contributed by atoms with E-state index in [2.05, 4.69) is 29.8 Å². The summed E-state index contributed by atoms with van der Waals surface area (Å²) >= 11 is 0. The van der Waals surface area contributed by atoms with Crippen molar-refractivity contribution in [1.82, 2.24) is 16.0 Å². The lowest BCUT2D eigenvalue weighted by molar-refractivity contribution is -0.156. The molecule has 3 N–H and O–H groups in total. The van der Waals surface area contributed by atoms with Crippen molar-refractivity contribution < 1.29 is 33.4 Å². The van der Waals surface area contributed by atoms with Crippen molar-refractivity contribution in [1.29, 1.82) is 0 Å². The van der Waals surface area contributed by atoms with E-state index in [1.165, 1.54) is 6.42 Å². The zero-order chi connectivity index (χ0) is 35.7. The second-order valence-electron chi connectivity index (χ2n) is 15.3. The van der Waals surface area contributed by atoms with Gasteiger partial charge in [-0.2, -0.15) is 0 Å². The minimum atomic E-state index is -1.29. The van der Waals surface area contributed by atoms with E-state index in [-0.39, 0.29) is 24.9 Å². The molecule has 1 aromatic rings. The number of carbonyl (C=O) groups is 5. The van der Waals surface area contributed by atoms with E-state index in [4.69, 9.17) is 9.47 Å². The molecule has 1 aliphatic carbocycles. The fraction of sp³-hybridized carbons (Fsp3) is 0.711. The molecule has 48 heavy (non-hydrogen) atoms. The Bertz CT molecular complexity index is 1150. The van der Waals surface area contributed by atoms with E-state index in [1.807, 2.05) is 44.2 Å². The van der Waals surface area contributed by atoms with Crippen molar-refractivity contribution in [2.45, 2.75) is 156 Å². The zero-order valence-electron chi connectivity index (χ0n) is 30.4. The molecule has 0 bridgehead atoms. The number of ether oxygens (including phenoxy) is 2. The maximum absolute atomic E-state index is 14.1. The van der Waals surface area contributed by atoms with E-state index in [9.17, 15) is 24.0 Å². The molecule has 1 aliphatic rings. The number of hydrogen-bond donors (Lipinski definition) is 3. The van der Waals surface area contributed by atoms with Crippen LogP contribution in [0.2, 0.25) is 0 Å². The normalized spacial score (nSPS) is 17.4. The summed E-state index contributed by atoms with van der Waals surface area (Å²) in [6, 6.07) is 6.40. The van der Waals surface area contributed by atoms with Crippen LogP contribution < -0.4 is 16.0 Å². The Morgan fingerprint density at radius 2 is 1.31 bits per heavy atom. The van der Waals surface area contributed by atoms with E-state index in [0.717, 1.165) is 50.4 Å². The van der Waals surface area contributed by atoms with Crippen LogP contribution in [0, 0.1) is 17.3 Å².